The van der Waals surface area contributed by atoms with Crippen LogP contribution in [-0.2, 0) is 0 Å². The summed E-state index contributed by atoms with van der Waals surface area (Å²) in [6, 6.07) is 5.06. The summed E-state index contributed by atoms with van der Waals surface area (Å²) in [5.74, 6) is -0.0444. The number of aryl methyl sites for hydroxylation is 1. The van der Waals surface area contributed by atoms with Gasteiger partial charge >= 0.3 is 0 Å². The minimum absolute atomic E-state index is 0.0444. The van der Waals surface area contributed by atoms with Crippen molar-refractivity contribution in [3.63, 3.8) is 0 Å². The van der Waals surface area contributed by atoms with Gasteiger partial charge in [-0.3, -0.25) is 4.79 Å². The average molecular weight is 160 g/mol. The molecule has 1 aromatic heterocycles. The maximum Gasteiger partial charge on any atom is 0.159 e. The van der Waals surface area contributed by atoms with Crippen molar-refractivity contribution in [2.24, 2.45) is 0 Å². The van der Waals surface area contributed by atoms with E-state index in [0.717, 1.165) is 0 Å². The minimum atomic E-state index is -0.0444. The molecule has 0 bridgehead atoms. The average Bonchev–Trinajstić information content (AvgIpc) is 2.03. The first kappa shape index (κ1) is 8.41. The van der Waals surface area contributed by atoms with Crippen LogP contribution in [0.1, 0.15) is 28.7 Å². The van der Waals surface area contributed by atoms with Crippen LogP contribution in [0.3, 0.4) is 0 Å². The third-order valence-electron chi connectivity index (χ3n) is 1.47. The molecule has 1 aromatic rings. The number of hydrogen-bond acceptors (Lipinski definition) is 3. The molecule has 0 fully saturated rings. The first-order valence-electron chi connectivity index (χ1n) is 3.53. The molecule has 1 rings (SSSR count). The van der Waals surface area contributed by atoms with Crippen LogP contribution in [0.2, 0.25) is 0 Å². The molecule has 3 heteroatoms. The molecule has 0 saturated carbocycles. The van der Waals surface area contributed by atoms with Crippen molar-refractivity contribution in [1.82, 2.24) is 4.98 Å². The van der Waals surface area contributed by atoms with Crippen molar-refractivity contribution in [3.8, 4) is 6.07 Å². The van der Waals surface area contributed by atoms with Gasteiger partial charge in [0.15, 0.2) is 5.78 Å². The maximum atomic E-state index is 10.9. The van der Waals surface area contributed by atoms with Gasteiger partial charge in [0.2, 0.25) is 0 Å². The van der Waals surface area contributed by atoms with E-state index in [-0.39, 0.29) is 5.78 Å². The molecule has 12 heavy (non-hydrogen) atoms. The zero-order chi connectivity index (χ0) is 9.14. The van der Waals surface area contributed by atoms with Crippen molar-refractivity contribution in [1.29, 1.82) is 5.26 Å². The van der Waals surface area contributed by atoms with E-state index >= 15 is 0 Å². The van der Waals surface area contributed by atoms with Crippen LogP contribution < -0.4 is 0 Å². The number of nitrogens with zero attached hydrogens (tertiary/aromatic N) is 2. The summed E-state index contributed by atoms with van der Waals surface area (Å²) in [4.78, 5) is 14.8. The Kier molecular flexibility index (Phi) is 2.20. The van der Waals surface area contributed by atoms with E-state index in [9.17, 15) is 4.79 Å². The van der Waals surface area contributed by atoms with Gasteiger partial charge in [0.05, 0.1) is 0 Å². The standard InChI is InChI=1S/C9H8N2O/c1-6-3-8(7(2)12)4-9(5-10)11-6/h3-4H,1-2H3. The lowest BCUT2D eigenvalue weighted by Crippen LogP contribution is -1.96. The summed E-state index contributed by atoms with van der Waals surface area (Å²) in [6.07, 6.45) is 0. The van der Waals surface area contributed by atoms with Crippen LogP contribution in [0.25, 0.3) is 0 Å². The smallest absolute Gasteiger partial charge is 0.159 e. The molecule has 0 aliphatic heterocycles. The van der Waals surface area contributed by atoms with Crippen LogP contribution >= 0.6 is 0 Å². The Morgan fingerprint density at radius 2 is 2.25 bits per heavy atom. The predicted molar refractivity (Wildman–Crippen MR) is 43.7 cm³/mol. The van der Waals surface area contributed by atoms with Gasteiger partial charge in [-0.05, 0) is 26.0 Å². The number of carbonyl (C=O) groups excluding carboxylic acids is 1. The zero-order valence-electron chi connectivity index (χ0n) is 6.96. The molecule has 0 atom stereocenters. The summed E-state index contributed by atoms with van der Waals surface area (Å²) in [6.45, 7) is 3.23. The Bertz CT molecular complexity index is 363. The molecule has 0 N–H and O–H groups in total. The fourth-order valence-electron chi connectivity index (χ4n) is 0.929. The van der Waals surface area contributed by atoms with Crippen LogP contribution in [0.5, 0.6) is 0 Å². The van der Waals surface area contributed by atoms with Crippen molar-refractivity contribution in [2.75, 3.05) is 0 Å². The number of nitriles is 1. The van der Waals surface area contributed by atoms with Gasteiger partial charge in [-0.2, -0.15) is 5.26 Å². The van der Waals surface area contributed by atoms with Gasteiger partial charge in [-0.25, -0.2) is 4.98 Å². The van der Waals surface area contributed by atoms with Crippen LogP contribution in [0, 0.1) is 18.3 Å². The third kappa shape index (κ3) is 1.67. The molecule has 0 unspecified atom stereocenters. The second kappa shape index (κ2) is 3.14. The number of pyridine rings is 1. The molecule has 0 saturated heterocycles. The summed E-state index contributed by atoms with van der Waals surface area (Å²) in [5.41, 5.74) is 1.53. The summed E-state index contributed by atoms with van der Waals surface area (Å²) >= 11 is 0. The monoisotopic (exact) mass is 160 g/mol. The van der Waals surface area contributed by atoms with Gasteiger partial charge in [0.1, 0.15) is 11.8 Å². The lowest BCUT2D eigenvalue weighted by Gasteiger charge is -1.97. The van der Waals surface area contributed by atoms with Gasteiger partial charge < -0.3 is 0 Å². The zero-order valence-corrected chi connectivity index (χ0v) is 6.96. The molecular formula is C9H8N2O. The Balaban J connectivity index is 3.26. The van der Waals surface area contributed by atoms with Crippen LogP contribution in [0.15, 0.2) is 12.1 Å². The molecule has 0 spiro atoms. The Hall–Kier alpha value is -1.69. The fraction of sp³-hybridized carbons (Fsp3) is 0.222. The van der Waals surface area contributed by atoms with Gasteiger partial charge in [0.25, 0.3) is 0 Å². The van der Waals surface area contributed by atoms with E-state index in [2.05, 4.69) is 4.98 Å². The highest BCUT2D eigenvalue weighted by Crippen LogP contribution is 2.05. The number of hydrogen-bond donors (Lipinski definition) is 0. The summed E-state index contributed by atoms with van der Waals surface area (Å²) in [7, 11) is 0. The van der Waals surface area contributed by atoms with E-state index in [1.165, 1.54) is 13.0 Å². The second-order valence-electron chi connectivity index (χ2n) is 2.55. The number of Topliss-reactive ketones (excluding diaryl/α,β-unsaturated/α-hetero) is 1. The highest BCUT2D eigenvalue weighted by molar-refractivity contribution is 5.94. The van der Waals surface area contributed by atoms with E-state index in [4.69, 9.17) is 5.26 Å². The lowest BCUT2D eigenvalue weighted by molar-refractivity contribution is 0.101. The summed E-state index contributed by atoms with van der Waals surface area (Å²) in [5, 5.41) is 8.54. The number of ketones is 1. The van der Waals surface area contributed by atoms with E-state index < -0.39 is 0 Å². The van der Waals surface area contributed by atoms with Crippen LogP contribution in [0.4, 0.5) is 0 Å². The number of carbonyl (C=O) groups is 1. The topological polar surface area (TPSA) is 53.8 Å². The molecule has 0 amide bonds. The first-order chi connectivity index (χ1) is 5.63. The number of aromatic nitrogens is 1. The van der Waals surface area contributed by atoms with Gasteiger partial charge in [-0.1, -0.05) is 0 Å². The van der Waals surface area contributed by atoms with E-state index in [0.29, 0.717) is 17.0 Å². The van der Waals surface area contributed by atoms with Crippen molar-refractivity contribution < 1.29 is 4.79 Å². The van der Waals surface area contributed by atoms with Crippen molar-refractivity contribution in [3.05, 3.63) is 29.1 Å². The Morgan fingerprint density at radius 1 is 1.58 bits per heavy atom. The SMILES string of the molecule is CC(=O)c1cc(C)nc(C#N)c1. The Labute approximate surface area is 70.7 Å². The molecule has 0 radical (unpaired) electrons. The van der Waals surface area contributed by atoms with E-state index in [1.807, 2.05) is 6.07 Å². The molecule has 0 aliphatic rings. The highest BCUT2D eigenvalue weighted by Gasteiger charge is 2.02. The molecule has 0 aliphatic carbocycles. The maximum absolute atomic E-state index is 10.9. The molecule has 1 heterocycles. The third-order valence-corrected chi connectivity index (χ3v) is 1.47. The normalized spacial score (nSPS) is 9.08. The van der Waals surface area contributed by atoms with Gasteiger partial charge in [0, 0.05) is 11.3 Å². The Morgan fingerprint density at radius 3 is 2.75 bits per heavy atom. The second-order valence-corrected chi connectivity index (χ2v) is 2.55. The van der Waals surface area contributed by atoms with Crippen LogP contribution in [-0.4, -0.2) is 10.8 Å². The molecular weight excluding hydrogens is 152 g/mol. The predicted octanol–water partition coefficient (Wildman–Crippen LogP) is 1.46. The first-order valence-corrected chi connectivity index (χ1v) is 3.53. The van der Waals surface area contributed by atoms with E-state index in [1.54, 1.807) is 13.0 Å². The van der Waals surface area contributed by atoms with Crippen molar-refractivity contribution in [2.45, 2.75) is 13.8 Å². The summed E-state index contributed by atoms with van der Waals surface area (Å²) < 4.78 is 0. The van der Waals surface area contributed by atoms with Crippen molar-refractivity contribution >= 4 is 5.78 Å². The van der Waals surface area contributed by atoms with Gasteiger partial charge in [-0.15, -0.1) is 0 Å². The highest BCUT2D eigenvalue weighted by atomic mass is 16.1. The fourth-order valence-corrected chi connectivity index (χ4v) is 0.929. The molecule has 3 nitrogen and oxygen atoms in total. The molecule has 60 valence electrons. The lowest BCUT2D eigenvalue weighted by atomic mass is 10.1. The largest absolute Gasteiger partial charge is 0.295 e. The minimum Gasteiger partial charge on any atom is -0.295 e. The number of rotatable bonds is 1. The quantitative estimate of drug-likeness (QED) is 0.584. The molecule has 0 aromatic carbocycles.